The SMILES string of the molecule is COc1ccccc1NC(=O)COC(=O)C[C@H]1C[C@@H]2CC[C@@H]1C2. The van der Waals surface area contributed by atoms with Gasteiger partial charge in [-0.1, -0.05) is 18.6 Å². The van der Waals surface area contributed by atoms with Crippen molar-refractivity contribution in [2.24, 2.45) is 17.8 Å². The van der Waals surface area contributed by atoms with Crippen molar-refractivity contribution in [2.45, 2.75) is 32.1 Å². The van der Waals surface area contributed by atoms with Crippen LogP contribution in [0.3, 0.4) is 0 Å². The van der Waals surface area contributed by atoms with Crippen LogP contribution in [-0.4, -0.2) is 25.6 Å². The van der Waals surface area contributed by atoms with Gasteiger partial charge in [-0.2, -0.15) is 0 Å². The van der Waals surface area contributed by atoms with Gasteiger partial charge in [0.2, 0.25) is 0 Å². The van der Waals surface area contributed by atoms with Crippen LogP contribution in [0.4, 0.5) is 5.69 Å². The van der Waals surface area contributed by atoms with E-state index in [4.69, 9.17) is 9.47 Å². The first-order valence-electron chi connectivity index (χ1n) is 8.24. The van der Waals surface area contributed by atoms with E-state index in [-0.39, 0.29) is 18.5 Å². The van der Waals surface area contributed by atoms with E-state index in [1.54, 1.807) is 25.3 Å². The molecule has 3 atom stereocenters. The van der Waals surface area contributed by atoms with Crippen LogP contribution in [0.15, 0.2) is 24.3 Å². The number of hydrogen-bond donors (Lipinski definition) is 1. The molecule has 5 heteroatoms. The van der Waals surface area contributed by atoms with Gasteiger partial charge in [0.05, 0.1) is 12.8 Å². The van der Waals surface area contributed by atoms with Crippen molar-refractivity contribution in [3.63, 3.8) is 0 Å². The lowest BCUT2D eigenvalue weighted by molar-refractivity contribution is -0.148. The molecule has 0 aromatic heterocycles. The Morgan fingerprint density at radius 1 is 1.22 bits per heavy atom. The molecule has 5 nitrogen and oxygen atoms in total. The Balaban J connectivity index is 1.42. The lowest BCUT2D eigenvalue weighted by atomic mass is 9.86. The third-order valence-corrected chi connectivity index (χ3v) is 5.06. The van der Waals surface area contributed by atoms with Gasteiger partial charge in [-0.3, -0.25) is 9.59 Å². The zero-order valence-electron chi connectivity index (χ0n) is 13.4. The molecular formula is C18H23NO4. The molecule has 0 heterocycles. The second-order valence-corrected chi connectivity index (χ2v) is 6.55. The molecule has 2 bridgehead atoms. The van der Waals surface area contributed by atoms with Crippen molar-refractivity contribution >= 4 is 17.6 Å². The van der Waals surface area contributed by atoms with Crippen LogP contribution in [0, 0.1) is 17.8 Å². The minimum absolute atomic E-state index is 0.252. The Hall–Kier alpha value is -2.04. The molecule has 3 rings (SSSR count). The van der Waals surface area contributed by atoms with Crippen LogP contribution in [-0.2, 0) is 14.3 Å². The van der Waals surface area contributed by atoms with E-state index in [9.17, 15) is 9.59 Å². The van der Waals surface area contributed by atoms with Crippen LogP contribution in [0.2, 0.25) is 0 Å². The van der Waals surface area contributed by atoms with E-state index in [2.05, 4.69) is 5.32 Å². The summed E-state index contributed by atoms with van der Waals surface area (Å²) >= 11 is 0. The van der Waals surface area contributed by atoms with E-state index in [0.717, 1.165) is 12.3 Å². The molecule has 2 fully saturated rings. The minimum atomic E-state index is -0.351. The van der Waals surface area contributed by atoms with Gasteiger partial charge in [0, 0.05) is 6.42 Å². The highest BCUT2D eigenvalue weighted by Crippen LogP contribution is 2.49. The molecule has 2 saturated carbocycles. The molecule has 23 heavy (non-hydrogen) atoms. The second kappa shape index (κ2) is 7.02. The second-order valence-electron chi connectivity index (χ2n) is 6.55. The van der Waals surface area contributed by atoms with E-state index < -0.39 is 0 Å². The normalized spacial score (nSPS) is 25.2. The standard InChI is InChI=1S/C18H23NO4/c1-22-16-5-3-2-4-15(16)19-17(20)11-23-18(21)10-14-9-12-6-7-13(14)8-12/h2-5,12-14H,6-11H2,1H3,(H,19,20)/t12-,13-,14-/m1/s1. The molecule has 2 aliphatic carbocycles. The Bertz CT molecular complexity index is 586. The lowest BCUT2D eigenvalue weighted by Crippen LogP contribution is -2.23. The highest BCUT2D eigenvalue weighted by molar-refractivity contribution is 5.94. The summed E-state index contributed by atoms with van der Waals surface area (Å²) in [6.45, 7) is -0.252. The molecule has 0 unspecified atom stereocenters. The van der Waals surface area contributed by atoms with Gasteiger partial charge in [-0.15, -0.1) is 0 Å². The Labute approximate surface area is 136 Å². The maximum Gasteiger partial charge on any atom is 0.306 e. The number of hydrogen-bond acceptors (Lipinski definition) is 4. The van der Waals surface area contributed by atoms with Crippen molar-refractivity contribution in [3.8, 4) is 5.75 Å². The smallest absolute Gasteiger partial charge is 0.306 e. The number of esters is 1. The number of fused-ring (bicyclic) bond motifs is 2. The van der Waals surface area contributed by atoms with Crippen molar-refractivity contribution in [2.75, 3.05) is 19.0 Å². The molecular weight excluding hydrogens is 294 g/mol. The highest BCUT2D eigenvalue weighted by atomic mass is 16.5. The monoisotopic (exact) mass is 317 g/mol. The molecule has 0 saturated heterocycles. The number of carbonyl (C=O) groups is 2. The van der Waals surface area contributed by atoms with Gasteiger partial charge in [-0.05, 0) is 49.1 Å². The number of nitrogens with one attached hydrogen (secondary N) is 1. The summed E-state index contributed by atoms with van der Waals surface area (Å²) in [6, 6.07) is 7.13. The number of rotatable bonds is 6. The first-order chi connectivity index (χ1) is 11.2. The maximum absolute atomic E-state index is 11.9. The lowest BCUT2D eigenvalue weighted by Gasteiger charge is -2.20. The number of ether oxygens (including phenoxy) is 2. The number of methoxy groups -OCH3 is 1. The fourth-order valence-corrected chi connectivity index (χ4v) is 3.98. The molecule has 0 spiro atoms. The van der Waals surface area contributed by atoms with Crippen molar-refractivity contribution < 1.29 is 19.1 Å². The van der Waals surface area contributed by atoms with E-state index in [1.807, 2.05) is 6.07 Å². The van der Waals surface area contributed by atoms with Gasteiger partial charge >= 0.3 is 5.97 Å². The summed E-state index contributed by atoms with van der Waals surface area (Å²) in [6.07, 6.45) is 5.43. The first kappa shape index (κ1) is 15.8. The summed E-state index contributed by atoms with van der Waals surface area (Å²) in [7, 11) is 1.54. The van der Waals surface area contributed by atoms with Crippen molar-refractivity contribution in [3.05, 3.63) is 24.3 Å². The maximum atomic E-state index is 11.9. The Kier molecular flexibility index (Phi) is 4.84. The van der Waals surface area contributed by atoms with Crippen LogP contribution in [0.5, 0.6) is 5.75 Å². The Morgan fingerprint density at radius 3 is 2.74 bits per heavy atom. The molecule has 0 aliphatic heterocycles. The number of benzene rings is 1. The molecule has 1 amide bonds. The van der Waals surface area contributed by atoms with Crippen molar-refractivity contribution in [1.29, 1.82) is 0 Å². The fraction of sp³-hybridized carbons (Fsp3) is 0.556. The van der Waals surface area contributed by atoms with Gasteiger partial charge in [-0.25, -0.2) is 0 Å². The van der Waals surface area contributed by atoms with Gasteiger partial charge in [0.1, 0.15) is 5.75 Å². The zero-order valence-corrected chi connectivity index (χ0v) is 13.4. The van der Waals surface area contributed by atoms with Gasteiger partial charge < -0.3 is 14.8 Å². The molecule has 1 N–H and O–H groups in total. The molecule has 2 aliphatic rings. The van der Waals surface area contributed by atoms with Crippen LogP contribution >= 0.6 is 0 Å². The summed E-state index contributed by atoms with van der Waals surface area (Å²) in [4.78, 5) is 23.8. The number of carbonyl (C=O) groups excluding carboxylic acids is 2. The quantitative estimate of drug-likeness (QED) is 0.819. The Morgan fingerprint density at radius 2 is 2.04 bits per heavy atom. The predicted octanol–water partition coefficient (Wildman–Crippen LogP) is 3.00. The van der Waals surface area contributed by atoms with E-state index >= 15 is 0 Å². The number of amides is 1. The fourth-order valence-electron chi connectivity index (χ4n) is 3.98. The first-order valence-corrected chi connectivity index (χ1v) is 8.24. The van der Waals surface area contributed by atoms with Gasteiger partial charge in [0.25, 0.3) is 5.91 Å². The summed E-state index contributed by atoms with van der Waals surface area (Å²) in [5.41, 5.74) is 0.573. The third-order valence-electron chi connectivity index (χ3n) is 5.06. The van der Waals surface area contributed by atoms with Gasteiger partial charge in [0.15, 0.2) is 6.61 Å². The molecule has 124 valence electrons. The number of para-hydroxylation sites is 2. The topological polar surface area (TPSA) is 64.6 Å². The predicted molar refractivity (Wildman–Crippen MR) is 86.1 cm³/mol. The van der Waals surface area contributed by atoms with E-state index in [1.165, 1.54) is 19.3 Å². The molecule has 1 aromatic rings. The van der Waals surface area contributed by atoms with Crippen LogP contribution in [0.1, 0.15) is 32.1 Å². The third kappa shape index (κ3) is 3.84. The van der Waals surface area contributed by atoms with Crippen molar-refractivity contribution in [1.82, 2.24) is 0 Å². The minimum Gasteiger partial charge on any atom is -0.495 e. The van der Waals surface area contributed by atoms with Crippen LogP contribution < -0.4 is 10.1 Å². The largest absolute Gasteiger partial charge is 0.495 e. The van der Waals surface area contributed by atoms with E-state index in [0.29, 0.717) is 29.7 Å². The average Bonchev–Trinajstić information content (AvgIpc) is 3.16. The summed E-state index contributed by atoms with van der Waals surface area (Å²) in [5, 5.41) is 2.70. The van der Waals surface area contributed by atoms with Crippen LogP contribution in [0.25, 0.3) is 0 Å². The average molecular weight is 317 g/mol. The number of anilines is 1. The summed E-state index contributed by atoms with van der Waals surface area (Å²) in [5.74, 6) is 1.92. The highest BCUT2D eigenvalue weighted by Gasteiger charge is 2.40. The molecule has 0 radical (unpaired) electrons. The molecule has 1 aromatic carbocycles. The summed E-state index contributed by atoms with van der Waals surface area (Å²) < 4.78 is 10.3. The zero-order chi connectivity index (χ0) is 16.2.